The molecule has 1 aliphatic carbocycles. The van der Waals surface area contributed by atoms with Crippen LogP contribution in [0, 0.1) is 5.92 Å². The van der Waals surface area contributed by atoms with Crippen LogP contribution in [0.2, 0.25) is 0 Å². The minimum atomic E-state index is 0.183. The molecule has 1 fully saturated rings. The predicted molar refractivity (Wildman–Crippen MR) is 85.4 cm³/mol. The van der Waals surface area contributed by atoms with Crippen LogP contribution in [0.25, 0.3) is 0 Å². The molecule has 0 saturated heterocycles. The molecular formula is C18H26N2O. The van der Waals surface area contributed by atoms with Crippen LogP contribution in [-0.2, 0) is 13.0 Å². The Labute approximate surface area is 127 Å². The van der Waals surface area contributed by atoms with Crippen LogP contribution in [-0.4, -0.2) is 30.4 Å². The molecule has 2 aliphatic rings. The monoisotopic (exact) mass is 286 g/mol. The first-order valence-corrected chi connectivity index (χ1v) is 8.25. The number of hydrogen-bond acceptors (Lipinski definition) is 2. The van der Waals surface area contributed by atoms with Crippen molar-refractivity contribution in [3.63, 3.8) is 0 Å². The lowest BCUT2D eigenvalue weighted by Gasteiger charge is -2.33. The standard InChI is InChI=1S/C18H26N2O/c1-13-3-7-17(8-4-13)20(2)18(21)15-6-5-14-9-10-19-12-16(14)11-15/h5-6,11,13,17,19H,3-4,7-10,12H2,1-2H3. The van der Waals surface area contributed by atoms with E-state index in [9.17, 15) is 4.79 Å². The average molecular weight is 286 g/mol. The Kier molecular flexibility index (Phi) is 4.29. The average Bonchev–Trinajstić information content (AvgIpc) is 2.54. The summed E-state index contributed by atoms with van der Waals surface area (Å²) in [5.41, 5.74) is 3.52. The summed E-state index contributed by atoms with van der Waals surface area (Å²) in [5, 5.41) is 3.38. The minimum Gasteiger partial charge on any atom is -0.339 e. The first kappa shape index (κ1) is 14.6. The summed E-state index contributed by atoms with van der Waals surface area (Å²) in [6.45, 7) is 4.25. The highest BCUT2D eigenvalue weighted by Gasteiger charge is 2.25. The quantitative estimate of drug-likeness (QED) is 0.906. The smallest absolute Gasteiger partial charge is 0.253 e. The Morgan fingerprint density at radius 1 is 1.19 bits per heavy atom. The van der Waals surface area contributed by atoms with E-state index >= 15 is 0 Å². The molecule has 1 aliphatic heterocycles. The van der Waals surface area contributed by atoms with E-state index in [2.05, 4.69) is 24.4 Å². The summed E-state index contributed by atoms with van der Waals surface area (Å²) in [6, 6.07) is 6.66. The fraction of sp³-hybridized carbons (Fsp3) is 0.611. The van der Waals surface area contributed by atoms with Crippen LogP contribution in [0.15, 0.2) is 18.2 Å². The summed E-state index contributed by atoms with van der Waals surface area (Å²) in [6.07, 6.45) is 5.86. The topological polar surface area (TPSA) is 32.3 Å². The van der Waals surface area contributed by atoms with Crippen molar-refractivity contribution in [2.75, 3.05) is 13.6 Å². The number of amides is 1. The second-order valence-corrected chi connectivity index (χ2v) is 6.74. The zero-order chi connectivity index (χ0) is 14.8. The molecule has 0 spiro atoms. The summed E-state index contributed by atoms with van der Waals surface area (Å²) >= 11 is 0. The molecule has 21 heavy (non-hydrogen) atoms. The van der Waals surface area contributed by atoms with Gasteiger partial charge in [-0.2, -0.15) is 0 Å². The maximum absolute atomic E-state index is 12.7. The summed E-state index contributed by atoms with van der Waals surface area (Å²) < 4.78 is 0. The van der Waals surface area contributed by atoms with Gasteiger partial charge in [0.2, 0.25) is 0 Å². The van der Waals surface area contributed by atoms with Crippen molar-refractivity contribution >= 4 is 5.91 Å². The van der Waals surface area contributed by atoms with Crippen molar-refractivity contribution in [1.82, 2.24) is 10.2 Å². The molecule has 0 aromatic heterocycles. The van der Waals surface area contributed by atoms with Gasteiger partial charge in [-0.05, 0) is 67.8 Å². The highest BCUT2D eigenvalue weighted by Crippen LogP contribution is 2.27. The van der Waals surface area contributed by atoms with E-state index in [0.717, 1.165) is 43.8 Å². The molecular weight excluding hydrogens is 260 g/mol. The first-order valence-electron chi connectivity index (χ1n) is 8.25. The number of nitrogens with one attached hydrogen (secondary N) is 1. The number of carbonyl (C=O) groups excluding carboxylic acids is 1. The molecule has 114 valence electrons. The number of carbonyl (C=O) groups is 1. The number of nitrogens with zero attached hydrogens (tertiary/aromatic N) is 1. The molecule has 1 saturated carbocycles. The summed E-state index contributed by atoms with van der Waals surface area (Å²) in [4.78, 5) is 14.7. The third-order valence-corrected chi connectivity index (χ3v) is 5.19. The zero-order valence-corrected chi connectivity index (χ0v) is 13.2. The fourth-order valence-corrected chi connectivity index (χ4v) is 3.61. The number of hydrogen-bond donors (Lipinski definition) is 1. The van der Waals surface area contributed by atoms with Gasteiger partial charge in [-0.1, -0.05) is 13.0 Å². The van der Waals surface area contributed by atoms with Crippen molar-refractivity contribution in [1.29, 1.82) is 0 Å². The van der Waals surface area contributed by atoms with E-state index in [0.29, 0.717) is 6.04 Å². The highest BCUT2D eigenvalue weighted by atomic mass is 16.2. The molecule has 3 heteroatoms. The predicted octanol–water partition coefficient (Wildman–Crippen LogP) is 2.98. The van der Waals surface area contributed by atoms with E-state index in [1.54, 1.807) is 0 Å². The van der Waals surface area contributed by atoms with Gasteiger partial charge in [-0.3, -0.25) is 4.79 Å². The van der Waals surface area contributed by atoms with E-state index < -0.39 is 0 Å². The lowest BCUT2D eigenvalue weighted by atomic mass is 9.86. The molecule has 1 aromatic carbocycles. The Balaban J connectivity index is 1.72. The van der Waals surface area contributed by atoms with Crippen LogP contribution in [0.3, 0.4) is 0 Å². The molecule has 1 amide bonds. The van der Waals surface area contributed by atoms with Crippen molar-refractivity contribution in [2.45, 2.75) is 51.6 Å². The molecule has 0 radical (unpaired) electrons. The lowest BCUT2D eigenvalue weighted by molar-refractivity contribution is 0.0679. The molecule has 3 nitrogen and oxygen atoms in total. The van der Waals surface area contributed by atoms with Crippen molar-refractivity contribution in [3.8, 4) is 0 Å². The molecule has 3 rings (SSSR count). The van der Waals surface area contributed by atoms with Crippen molar-refractivity contribution in [2.24, 2.45) is 5.92 Å². The van der Waals surface area contributed by atoms with Gasteiger partial charge in [-0.15, -0.1) is 0 Å². The molecule has 1 heterocycles. The Hall–Kier alpha value is -1.35. The third-order valence-electron chi connectivity index (χ3n) is 5.19. The van der Waals surface area contributed by atoms with E-state index in [1.807, 2.05) is 18.0 Å². The summed E-state index contributed by atoms with van der Waals surface area (Å²) in [5.74, 6) is 1.00. The number of benzene rings is 1. The molecule has 0 bridgehead atoms. The minimum absolute atomic E-state index is 0.183. The van der Waals surface area contributed by atoms with E-state index in [1.165, 1.54) is 24.0 Å². The van der Waals surface area contributed by atoms with Gasteiger partial charge in [0.25, 0.3) is 5.91 Å². The van der Waals surface area contributed by atoms with E-state index in [4.69, 9.17) is 0 Å². The maximum Gasteiger partial charge on any atom is 0.253 e. The van der Waals surface area contributed by atoms with Gasteiger partial charge in [0, 0.05) is 25.2 Å². The zero-order valence-electron chi connectivity index (χ0n) is 13.2. The van der Waals surface area contributed by atoms with Crippen LogP contribution in [0.1, 0.15) is 54.1 Å². The fourth-order valence-electron chi connectivity index (χ4n) is 3.61. The second-order valence-electron chi connectivity index (χ2n) is 6.74. The molecule has 0 atom stereocenters. The van der Waals surface area contributed by atoms with E-state index in [-0.39, 0.29) is 5.91 Å². The third kappa shape index (κ3) is 3.13. The molecule has 0 unspecified atom stereocenters. The first-order chi connectivity index (χ1) is 10.1. The highest BCUT2D eigenvalue weighted by molar-refractivity contribution is 5.94. The van der Waals surface area contributed by atoms with Gasteiger partial charge in [0.1, 0.15) is 0 Å². The second kappa shape index (κ2) is 6.18. The normalized spacial score (nSPS) is 25.2. The largest absolute Gasteiger partial charge is 0.339 e. The summed E-state index contributed by atoms with van der Waals surface area (Å²) in [7, 11) is 1.97. The van der Waals surface area contributed by atoms with Crippen LogP contribution < -0.4 is 5.32 Å². The SMILES string of the molecule is CC1CCC(N(C)C(=O)c2ccc3c(c2)CNCC3)CC1. The Morgan fingerprint density at radius 2 is 1.95 bits per heavy atom. The molecule has 1 N–H and O–H groups in total. The van der Waals surface area contributed by atoms with Gasteiger partial charge in [0.05, 0.1) is 0 Å². The number of fused-ring (bicyclic) bond motifs is 1. The maximum atomic E-state index is 12.7. The number of rotatable bonds is 2. The van der Waals surface area contributed by atoms with Crippen molar-refractivity contribution < 1.29 is 4.79 Å². The van der Waals surface area contributed by atoms with Gasteiger partial charge in [-0.25, -0.2) is 0 Å². The molecule has 1 aromatic rings. The van der Waals surface area contributed by atoms with Crippen molar-refractivity contribution in [3.05, 3.63) is 34.9 Å². The van der Waals surface area contributed by atoms with Gasteiger partial charge >= 0.3 is 0 Å². The van der Waals surface area contributed by atoms with Crippen LogP contribution in [0.4, 0.5) is 0 Å². The Bertz CT molecular complexity index is 518. The van der Waals surface area contributed by atoms with Gasteiger partial charge < -0.3 is 10.2 Å². The Morgan fingerprint density at radius 3 is 2.71 bits per heavy atom. The van der Waals surface area contributed by atoms with Gasteiger partial charge in [0.15, 0.2) is 0 Å². The van der Waals surface area contributed by atoms with Crippen LogP contribution in [0.5, 0.6) is 0 Å². The van der Waals surface area contributed by atoms with Crippen LogP contribution >= 0.6 is 0 Å². The lowest BCUT2D eigenvalue weighted by Crippen LogP contribution is -2.39.